The summed E-state index contributed by atoms with van der Waals surface area (Å²) in [4.78, 5) is 112. The van der Waals surface area contributed by atoms with Gasteiger partial charge in [-0.1, -0.05) is 53.7 Å². The Labute approximate surface area is 516 Å². The molecule has 6 amide bonds. The predicted molar refractivity (Wildman–Crippen MR) is 320 cm³/mol. The Hall–Kier alpha value is -8.76. The van der Waals surface area contributed by atoms with Crippen molar-refractivity contribution >= 4 is 81.4 Å². The molecule has 0 aliphatic carbocycles. The quantitative estimate of drug-likeness (QED) is 0.0263. The van der Waals surface area contributed by atoms with Gasteiger partial charge in [-0.25, -0.2) is 33.2 Å². The molecule has 2 aliphatic rings. The molecule has 3 aromatic carbocycles. The molecule has 4 aromatic heterocycles. The Morgan fingerprint density at radius 1 is 0.876 bits per heavy atom. The van der Waals surface area contributed by atoms with E-state index in [-0.39, 0.29) is 87.7 Å². The molecule has 6 heterocycles. The maximum absolute atomic E-state index is 14.3. The highest BCUT2D eigenvalue weighted by atomic mass is 35.5. The first kappa shape index (κ1) is 64.7. The first-order valence-corrected chi connectivity index (χ1v) is 29.7. The molecule has 0 radical (unpaired) electrons. The lowest BCUT2D eigenvalue weighted by Crippen LogP contribution is -2.49. The normalized spacial score (nSPS) is 15.1. The number of likely N-dealkylation sites (tertiary alicyclic amines) is 1. The van der Waals surface area contributed by atoms with Gasteiger partial charge in [-0.15, -0.1) is 0 Å². The molecule has 2 fully saturated rings. The van der Waals surface area contributed by atoms with Gasteiger partial charge in [-0.2, -0.15) is 18.3 Å². The van der Waals surface area contributed by atoms with E-state index < -0.39 is 59.4 Å². The molecule has 89 heavy (non-hydrogen) atoms. The topological polar surface area (TPSA) is 252 Å². The first-order valence-electron chi connectivity index (χ1n) is 28.5. The van der Waals surface area contributed by atoms with Crippen molar-refractivity contribution in [3.05, 3.63) is 141 Å². The van der Waals surface area contributed by atoms with E-state index in [1.54, 1.807) is 28.0 Å². The molecular formula is C60H63ClF5N13O9S. The summed E-state index contributed by atoms with van der Waals surface area (Å²) in [6.45, 7) is 8.77. The van der Waals surface area contributed by atoms with Crippen LogP contribution in [0.5, 0.6) is 0 Å². The summed E-state index contributed by atoms with van der Waals surface area (Å²) in [5.41, 5.74) is -1.15. The molecule has 0 spiro atoms. The second kappa shape index (κ2) is 28.2. The fourth-order valence-corrected chi connectivity index (χ4v) is 11.4. The van der Waals surface area contributed by atoms with Gasteiger partial charge in [0.15, 0.2) is 16.5 Å². The van der Waals surface area contributed by atoms with Gasteiger partial charge in [0.1, 0.15) is 29.5 Å². The maximum atomic E-state index is 14.3. The third kappa shape index (κ3) is 16.5. The van der Waals surface area contributed by atoms with Crippen molar-refractivity contribution in [2.45, 2.75) is 82.1 Å². The monoisotopic (exact) mass is 1270 g/mol. The summed E-state index contributed by atoms with van der Waals surface area (Å²) in [6.07, 6.45) is -4.97. The van der Waals surface area contributed by atoms with Gasteiger partial charge < -0.3 is 34.9 Å². The van der Waals surface area contributed by atoms with Crippen LogP contribution in [0.3, 0.4) is 0 Å². The first-order chi connectivity index (χ1) is 42.4. The molecule has 2 atom stereocenters. The zero-order chi connectivity index (χ0) is 63.7. The van der Waals surface area contributed by atoms with Crippen LogP contribution in [0.4, 0.5) is 38.3 Å². The van der Waals surface area contributed by atoms with Crippen molar-refractivity contribution in [2.75, 3.05) is 75.7 Å². The van der Waals surface area contributed by atoms with Crippen LogP contribution >= 0.6 is 23.4 Å². The highest BCUT2D eigenvalue weighted by molar-refractivity contribution is 8.00. The Morgan fingerprint density at radius 2 is 1.62 bits per heavy atom. The van der Waals surface area contributed by atoms with Gasteiger partial charge >= 0.3 is 12.3 Å². The number of hydrogen-bond donors (Lipinski definition) is 3. The largest absolute Gasteiger partial charge is 0.444 e. The minimum atomic E-state index is -4.83. The van der Waals surface area contributed by atoms with E-state index in [9.17, 15) is 55.5 Å². The van der Waals surface area contributed by atoms with Crippen LogP contribution < -0.4 is 26.4 Å². The standard InChI is InChI=1S/C60H63ClF5N13O9S/c1-5-77-55(84)42-31-40(61)14-17-43(42)72-57(77)89-49(36-10-7-6-8-11-36)56(85)76-25-20-39(32-76)52(82)69-23-19-47(80)75-28-26-74(27-29-75)24-9-21-68-51(81)37-12-15-41(16-13-37)79-33-44(48(73-79)50(62)63)70-53(83)45-34-87-54(71-45)38-18-22-67-46(30-38)78(35-60(64,65)66)58(86)88-59(2,3)4/h6-8,10-18,22,30-31,33-34,39,49-50H,5,9,19-21,23-29,32,35H2,1-4H3,(H,68,81)(H,69,82)(H,70,83)/t39-,49?/m0/s1. The van der Waals surface area contributed by atoms with Crippen LogP contribution in [0.15, 0.2) is 118 Å². The summed E-state index contributed by atoms with van der Waals surface area (Å²) < 4.78 is 82.2. The number of halogens is 6. The average molecular weight is 1270 g/mol. The number of carbonyl (C=O) groups is 6. The molecule has 470 valence electrons. The predicted octanol–water partition coefficient (Wildman–Crippen LogP) is 8.95. The number of carbonyl (C=O) groups excluding carboxylic acids is 6. The Balaban J connectivity index is 0.690. The fourth-order valence-electron chi connectivity index (χ4n) is 9.97. The second-order valence-corrected chi connectivity index (χ2v) is 23.5. The van der Waals surface area contributed by atoms with Crippen molar-refractivity contribution in [3.8, 4) is 17.1 Å². The number of rotatable bonds is 21. The van der Waals surface area contributed by atoms with Crippen molar-refractivity contribution in [2.24, 2.45) is 5.92 Å². The lowest BCUT2D eigenvalue weighted by molar-refractivity contribution is -0.133. The van der Waals surface area contributed by atoms with E-state index in [4.69, 9.17) is 25.7 Å². The Morgan fingerprint density at radius 3 is 2.31 bits per heavy atom. The number of pyridine rings is 1. The van der Waals surface area contributed by atoms with Crippen LogP contribution in [0, 0.1) is 5.92 Å². The summed E-state index contributed by atoms with van der Waals surface area (Å²) >= 11 is 7.38. The van der Waals surface area contributed by atoms with Gasteiger partial charge in [-0.05, 0) is 107 Å². The van der Waals surface area contributed by atoms with Crippen LogP contribution in [0.25, 0.3) is 28.0 Å². The molecule has 1 unspecified atom stereocenters. The number of oxazole rings is 1. The minimum Gasteiger partial charge on any atom is -0.444 e. The number of benzene rings is 3. The van der Waals surface area contributed by atoms with Crippen LogP contribution in [-0.4, -0.2) is 157 Å². The second-order valence-electron chi connectivity index (χ2n) is 22.0. The molecular weight excluding hydrogens is 1210 g/mol. The van der Waals surface area contributed by atoms with Gasteiger partial charge in [-0.3, -0.25) is 43.1 Å². The molecule has 7 aromatic rings. The molecule has 2 saturated heterocycles. The van der Waals surface area contributed by atoms with Gasteiger partial charge in [0, 0.05) is 87.7 Å². The molecule has 2 aliphatic heterocycles. The van der Waals surface area contributed by atoms with Crippen LogP contribution in [0.2, 0.25) is 5.02 Å². The Kier molecular flexibility index (Phi) is 20.5. The number of nitrogens with zero attached hydrogens (tertiary/aromatic N) is 10. The number of ether oxygens (including phenoxy) is 1. The summed E-state index contributed by atoms with van der Waals surface area (Å²) in [7, 11) is 0. The third-order valence-electron chi connectivity index (χ3n) is 14.5. The fraction of sp³-hybridized carbons (Fsp3) is 0.383. The van der Waals surface area contributed by atoms with Crippen molar-refractivity contribution in [1.29, 1.82) is 0 Å². The molecule has 29 heteroatoms. The van der Waals surface area contributed by atoms with E-state index in [0.717, 1.165) is 35.0 Å². The molecule has 0 saturated carbocycles. The number of hydrogen-bond acceptors (Lipinski definition) is 15. The van der Waals surface area contributed by atoms with Crippen LogP contribution in [0.1, 0.15) is 90.7 Å². The van der Waals surface area contributed by atoms with Gasteiger partial charge in [0.05, 0.1) is 34.4 Å². The lowest BCUT2D eigenvalue weighted by Gasteiger charge is -2.34. The smallest absolute Gasteiger partial charge is 0.416 e. The summed E-state index contributed by atoms with van der Waals surface area (Å²) in [5, 5.41) is 12.5. The van der Waals surface area contributed by atoms with E-state index in [0.29, 0.717) is 86.3 Å². The van der Waals surface area contributed by atoms with Gasteiger partial charge in [0.2, 0.25) is 23.6 Å². The average Bonchev–Trinajstić information content (AvgIpc) is 1.95. The maximum Gasteiger partial charge on any atom is 0.416 e. The zero-order valence-electron chi connectivity index (χ0n) is 48.8. The Bertz CT molecular complexity index is 3780. The van der Waals surface area contributed by atoms with E-state index in [1.165, 1.54) is 67.4 Å². The van der Waals surface area contributed by atoms with Crippen molar-refractivity contribution in [3.63, 3.8) is 0 Å². The van der Waals surface area contributed by atoms with Crippen molar-refractivity contribution < 1.29 is 59.9 Å². The third-order valence-corrected chi connectivity index (χ3v) is 15.9. The highest BCUT2D eigenvalue weighted by Crippen LogP contribution is 2.38. The van der Waals surface area contributed by atoms with E-state index >= 15 is 0 Å². The SMILES string of the molecule is CCn1c(SC(C(=O)N2CC[C@H](C(=O)NCCC(=O)N3CCN(CCCNC(=O)c4ccc(-n5cc(NC(=O)c6coc(-c7ccnc(N(CC(F)(F)F)C(=O)OC(C)(C)C)c7)n6)c(C(F)F)n5)cc4)CC3)C2)c2ccccc2)nc2ccc(Cl)cc2c1=O. The lowest BCUT2D eigenvalue weighted by atomic mass is 10.1. The number of fused-ring (bicyclic) bond motifs is 1. The molecule has 9 rings (SSSR count). The van der Waals surface area contributed by atoms with E-state index in [1.807, 2.05) is 37.3 Å². The number of thioether (sulfide) groups is 1. The number of nitrogens with one attached hydrogen (secondary N) is 3. The van der Waals surface area contributed by atoms with Crippen LogP contribution in [-0.2, 0) is 25.7 Å². The van der Waals surface area contributed by atoms with Crippen molar-refractivity contribution in [1.82, 2.24) is 54.6 Å². The molecule has 3 N–H and O–H groups in total. The summed E-state index contributed by atoms with van der Waals surface area (Å²) in [6, 6.07) is 22.5. The molecule has 22 nitrogen and oxygen atoms in total. The number of aromatic nitrogens is 6. The van der Waals surface area contributed by atoms with Gasteiger partial charge in [0.25, 0.3) is 23.8 Å². The van der Waals surface area contributed by atoms with E-state index in [2.05, 4.69) is 35.9 Å². The number of anilines is 2. The summed E-state index contributed by atoms with van der Waals surface area (Å²) in [5.74, 6) is -3.09. The number of alkyl halides is 5. The highest BCUT2D eigenvalue weighted by Gasteiger charge is 2.38. The number of amides is 6. The zero-order valence-corrected chi connectivity index (χ0v) is 50.3. The number of piperazine rings is 1. The molecule has 0 bridgehead atoms. The minimum absolute atomic E-state index is 0.0248.